The van der Waals surface area contributed by atoms with Crippen molar-refractivity contribution in [1.29, 1.82) is 0 Å². The lowest BCUT2D eigenvalue weighted by Gasteiger charge is -2.12. The lowest BCUT2D eigenvalue weighted by atomic mass is 10.0. The second-order valence-electron chi connectivity index (χ2n) is 9.95. The number of benzene rings is 2. The van der Waals surface area contributed by atoms with Crippen LogP contribution in [0.2, 0.25) is 0 Å². The molecule has 0 bridgehead atoms. The number of nitrogens with zero attached hydrogens (tertiary/aromatic N) is 4. The molecule has 0 atom stereocenters. The summed E-state index contributed by atoms with van der Waals surface area (Å²) in [6.07, 6.45) is -2.16. The molecule has 3 amide bonds. The van der Waals surface area contributed by atoms with Crippen LogP contribution in [0, 0.1) is 0 Å². The van der Waals surface area contributed by atoms with Gasteiger partial charge in [0.1, 0.15) is 0 Å². The fraction of sp³-hybridized carbons (Fsp3) is 0.286. The van der Waals surface area contributed by atoms with Crippen LogP contribution in [0.4, 0.5) is 35.2 Å². The van der Waals surface area contributed by atoms with Crippen molar-refractivity contribution in [1.82, 2.24) is 19.7 Å². The molecule has 1 aliphatic carbocycles. The molecule has 4 aromatic rings. The molecule has 1 fully saturated rings. The zero-order valence-corrected chi connectivity index (χ0v) is 21.9. The van der Waals surface area contributed by atoms with Crippen LogP contribution in [0.25, 0.3) is 22.2 Å². The van der Waals surface area contributed by atoms with Crippen molar-refractivity contribution in [2.75, 3.05) is 30.5 Å². The Morgan fingerprint density at radius 2 is 1.75 bits per heavy atom. The number of urea groups is 1. The maximum absolute atomic E-state index is 13.0. The van der Waals surface area contributed by atoms with Crippen molar-refractivity contribution in [3.05, 3.63) is 65.9 Å². The van der Waals surface area contributed by atoms with Gasteiger partial charge in [-0.3, -0.25) is 4.79 Å². The van der Waals surface area contributed by atoms with E-state index in [1.54, 1.807) is 30.9 Å². The topological polar surface area (TPSA) is 118 Å². The minimum atomic E-state index is -4.51. The molecule has 0 aliphatic heterocycles. The maximum Gasteiger partial charge on any atom is 0.416 e. The quantitative estimate of drug-likeness (QED) is 0.272. The van der Waals surface area contributed by atoms with E-state index in [2.05, 4.69) is 15.7 Å². The SMILES string of the molecule is CN(C)C(=O)CCn1nc(N)c2c(-c3ccc(NC(=O)Nc4cccc(C(F)(F)F)c4)cc3)cc(C3CC3)nc21. The molecule has 0 radical (unpaired) electrons. The van der Waals surface area contributed by atoms with Crippen LogP contribution in [0.1, 0.15) is 36.4 Å². The molecule has 2 aromatic carbocycles. The van der Waals surface area contributed by atoms with Gasteiger partial charge in [0, 0.05) is 43.5 Å². The van der Waals surface area contributed by atoms with E-state index < -0.39 is 17.8 Å². The van der Waals surface area contributed by atoms with E-state index >= 15 is 0 Å². The molecule has 12 heteroatoms. The number of aryl methyl sites for hydroxylation is 1. The van der Waals surface area contributed by atoms with E-state index in [4.69, 9.17) is 10.7 Å². The first-order chi connectivity index (χ1) is 19.0. The van der Waals surface area contributed by atoms with Crippen molar-refractivity contribution < 1.29 is 22.8 Å². The average Bonchev–Trinajstić information content (AvgIpc) is 3.71. The Hall–Kier alpha value is -4.61. The number of aromatic nitrogens is 3. The van der Waals surface area contributed by atoms with E-state index in [1.807, 2.05) is 18.2 Å². The lowest BCUT2D eigenvalue weighted by molar-refractivity contribution is -0.137. The number of hydrogen-bond donors (Lipinski definition) is 3. The molecule has 208 valence electrons. The summed E-state index contributed by atoms with van der Waals surface area (Å²) in [7, 11) is 3.40. The number of anilines is 3. The van der Waals surface area contributed by atoms with Gasteiger partial charge in [-0.2, -0.15) is 18.3 Å². The first-order valence-electron chi connectivity index (χ1n) is 12.7. The molecular weight excluding hydrogens is 523 g/mol. The monoisotopic (exact) mass is 551 g/mol. The Bertz CT molecular complexity index is 1580. The summed E-state index contributed by atoms with van der Waals surface area (Å²) >= 11 is 0. The standard InChI is InChI=1S/C28H28F3N7O2/c1-37(2)23(39)12-13-38-26-24(25(32)36-38)21(15-22(35-26)17-6-7-17)16-8-10-19(11-9-16)33-27(40)34-20-5-3-4-18(14-20)28(29,30)31/h3-5,8-11,14-15,17H,6-7,12-13H2,1-2H3,(H2,32,36)(H2,33,34,40). The summed E-state index contributed by atoms with van der Waals surface area (Å²) in [5, 5.41) is 10.2. The predicted octanol–water partition coefficient (Wildman–Crippen LogP) is 5.70. The Morgan fingerprint density at radius 1 is 1.05 bits per heavy atom. The van der Waals surface area contributed by atoms with Crippen molar-refractivity contribution in [2.45, 2.75) is 37.9 Å². The predicted molar refractivity (Wildman–Crippen MR) is 147 cm³/mol. The second-order valence-corrected chi connectivity index (χ2v) is 9.95. The van der Waals surface area contributed by atoms with Gasteiger partial charge in [-0.1, -0.05) is 18.2 Å². The highest BCUT2D eigenvalue weighted by atomic mass is 19.4. The molecule has 1 aliphatic rings. The number of rotatable bonds is 7. The average molecular weight is 552 g/mol. The molecular formula is C28H28F3N7O2. The van der Waals surface area contributed by atoms with E-state index in [-0.39, 0.29) is 18.0 Å². The Morgan fingerprint density at radius 3 is 2.40 bits per heavy atom. The largest absolute Gasteiger partial charge is 0.416 e. The van der Waals surface area contributed by atoms with Crippen LogP contribution < -0.4 is 16.4 Å². The van der Waals surface area contributed by atoms with Gasteiger partial charge in [-0.25, -0.2) is 14.5 Å². The Labute approximate surface area is 228 Å². The number of carbonyl (C=O) groups excluding carboxylic acids is 2. The summed E-state index contributed by atoms with van der Waals surface area (Å²) in [5.74, 6) is 0.636. The van der Waals surface area contributed by atoms with Gasteiger partial charge >= 0.3 is 12.2 Å². The number of halogens is 3. The third-order valence-corrected chi connectivity index (χ3v) is 6.68. The number of pyridine rings is 1. The number of alkyl halides is 3. The number of amides is 3. The van der Waals surface area contributed by atoms with Gasteiger partial charge in [0.15, 0.2) is 11.5 Å². The zero-order chi connectivity index (χ0) is 28.6. The molecule has 0 spiro atoms. The van der Waals surface area contributed by atoms with Crippen LogP contribution >= 0.6 is 0 Å². The Balaban J connectivity index is 1.38. The third-order valence-electron chi connectivity index (χ3n) is 6.68. The normalized spacial score (nSPS) is 13.3. The number of nitrogens with one attached hydrogen (secondary N) is 2. The Kier molecular flexibility index (Phi) is 7.09. The highest BCUT2D eigenvalue weighted by Gasteiger charge is 2.30. The van der Waals surface area contributed by atoms with Gasteiger partial charge in [-0.15, -0.1) is 0 Å². The smallest absolute Gasteiger partial charge is 0.382 e. The van der Waals surface area contributed by atoms with E-state index in [0.29, 0.717) is 35.0 Å². The molecule has 9 nitrogen and oxygen atoms in total. The highest BCUT2D eigenvalue weighted by Crippen LogP contribution is 2.43. The fourth-order valence-electron chi connectivity index (χ4n) is 4.41. The maximum atomic E-state index is 13.0. The van der Waals surface area contributed by atoms with Gasteiger partial charge < -0.3 is 21.3 Å². The third kappa shape index (κ3) is 5.85. The highest BCUT2D eigenvalue weighted by molar-refractivity contribution is 6.02. The van der Waals surface area contributed by atoms with E-state index in [1.165, 1.54) is 17.0 Å². The number of nitrogen functional groups attached to an aromatic ring is 1. The molecule has 5 rings (SSSR count). The van der Waals surface area contributed by atoms with Gasteiger partial charge in [0.05, 0.1) is 17.5 Å². The van der Waals surface area contributed by atoms with Crippen LogP contribution in [0.15, 0.2) is 54.6 Å². The summed E-state index contributed by atoms with van der Waals surface area (Å²) in [6, 6.07) is 12.8. The zero-order valence-electron chi connectivity index (χ0n) is 21.9. The minimum Gasteiger partial charge on any atom is -0.382 e. The van der Waals surface area contributed by atoms with Crippen molar-refractivity contribution in [2.24, 2.45) is 0 Å². The number of fused-ring (bicyclic) bond motifs is 1. The molecule has 0 unspecified atom stereocenters. The van der Waals surface area contributed by atoms with Crippen LogP contribution in [-0.4, -0.2) is 45.7 Å². The van der Waals surface area contributed by atoms with Gasteiger partial charge in [0.25, 0.3) is 0 Å². The molecule has 40 heavy (non-hydrogen) atoms. The second kappa shape index (κ2) is 10.5. The molecule has 2 heterocycles. The van der Waals surface area contributed by atoms with E-state index in [9.17, 15) is 22.8 Å². The van der Waals surface area contributed by atoms with E-state index in [0.717, 1.165) is 41.8 Å². The lowest BCUT2D eigenvalue weighted by Crippen LogP contribution is -2.23. The van der Waals surface area contributed by atoms with Gasteiger partial charge in [-0.05, 0) is 60.4 Å². The number of nitrogens with two attached hydrogens (primary N) is 1. The summed E-state index contributed by atoms with van der Waals surface area (Å²) in [6.45, 7) is 0.342. The van der Waals surface area contributed by atoms with Gasteiger partial charge in [0.2, 0.25) is 5.91 Å². The first-order valence-corrected chi connectivity index (χ1v) is 12.7. The summed E-state index contributed by atoms with van der Waals surface area (Å²) in [4.78, 5) is 31.0. The first kappa shape index (κ1) is 27.0. The number of carbonyl (C=O) groups is 2. The van der Waals surface area contributed by atoms with Crippen LogP contribution in [-0.2, 0) is 17.5 Å². The van der Waals surface area contributed by atoms with Crippen LogP contribution in [0.5, 0.6) is 0 Å². The summed E-state index contributed by atoms with van der Waals surface area (Å²) < 4.78 is 40.6. The molecule has 1 saturated carbocycles. The molecule has 2 aromatic heterocycles. The van der Waals surface area contributed by atoms with Crippen LogP contribution in [0.3, 0.4) is 0 Å². The van der Waals surface area contributed by atoms with Crippen molar-refractivity contribution >= 4 is 40.2 Å². The molecule has 4 N–H and O–H groups in total. The summed E-state index contributed by atoms with van der Waals surface area (Å²) in [5.41, 5.74) is 9.17. The fourth-order valence-corrected chi connectivity index (χ4v) is 4.41. The minimum absolute atomic E-state index is 0.0236. The van der Waals surface area contributed by atoms with Crippen molar-refractivity contribution in [3.63, 3.8) is 0 Å². The number of hydrogen-bond acceptors (Lipinski definition) is 5. The molecule has 0 saturated heterocycles. The van der Waals surface area contributed by atoms with Crippen molar-refractivity contribution in [3.8, 4) is 11.1 Å².